The topological polar surface area (TPSA) is 26.3 Å². The molecule has 2 aromatic carbocycles. The zero-order valence-corrected chi connectivity index (χ0v) is 13.6. The molecule has 3 rings (SSSR count). The van der Waals surface area contributed by atoms with Crippen molar-refractivity contribution in [2.24, 2.45) is 0 Å². The summed E-state index contributed by atoms with van der Waals surface area (Å²) in [7, 11) is 0. The second-order valence-electron chi connectivity index (χ2n) is 5.40. The fourth-order valence-electron chi connectivity index (χ4n) is 2.51. The molecular formula is C19H18NOS-. The van der Waals surface area contributed by atoms with E-state index in [4.69, 9.17) is 0 Å². The van der Waals surface area contributed by atoms with Crippen LogP contribution < -0.4 is 5.11 Å². The Morgan fingerprint density at radius 1 is 1.00 bits per heavy atom. The molecule has 1 aliphatic heterocycles. The lowest BCUT2D eigenvalue weighted by Crippen LogP contribution is -2.20. The van der Waals surface area contributed by atoms with Crippen molar-refractivity contribution in [1.29, 1.82) is 0 Å². The summed E-state index contributed by atoms with van der Waals surface area (Å²) in [6, 6.07) is 18.0. The van der Waals surface area contributed by atoms with Gasteiger partial charge in [0.2, 0.25) is 0 Å². The Kier molecular flexibility index (Phi) is 4.25. The van der Waals surface area contributed by atoms with Gasteiger partial charge in [-0.05, 0) is 35.9 Å². The number of rotatable bonds is 3. The third-order valence-corrected chi connectivity index (χ3v) is 4.87. The number of allylic oxidation sites excluding steroid dienone is 1. The van der Waals surface area contributed by atoms with Crippen LogP contribution in [0, 0.1) is 6.92 Å². The van der Waals surface area contributed by atoms with E-state index in [1.165, 1.54) is 17.3 Å². The van der Waals surface area contributed by atoms with Crippen LogP contribution in [0.1, 0.15) is 23.6 Å². The average Bonchev–Trinajstić information content (AvgIpc) is 2.89. The standard InChI is InChI=1S/C19H19NOS/c1-14-8-6-7-11-17(14)18(21)19-20(15(2)13-22-19)12-16-9-4-3-5-10-16/h3-11,13,21H,12H2,1-2H3/p-1/b19-18+. The Bertz CT molecular complexity index is 734. The highest BCUT2D eigenvalue weighted by atomic mass is 32.2. The molecule has 22 heavy (non-hydrogen) atoms. The number of nitrogens with zero attached hydrogens (tertiary/aromatic N) is 1. The van der Waals surface area contributed by atoms with E-state index in [2.05, 4.69) is 22.4 Å². The third-order valence-electron chi connectivity index (χ3n) is 3.78. The van der Waals surface area contributed by atoms with Crippen molar-refractivity contribution in [3.63, 3.8) is 0 Å². The molecule has 3 heteroatoms. The normalized spacial score (nSPS) is 16.6. The van der Waals surface area contributed by atoms with E-state index in [-0.39, 0.29) is 5.76 Å². The van der Waals surface area contributed by atoms with Crippen LogP contribution in [-0.2, 0) is 6.54 Å². The molecule has 112 valence electrons. The smallest absolute Gasteiger partial charge is 0.0722 e. The van der Waals surface area contributed by atoms with Crippen LogP contribution in [0.25, 0.3) is 5.76 Å². The highest BCUT2D eigenvalue weighted by Crippen LogP contribution is 2.39. The van der Waals surface area contributed by atoms with Gasteiger partial charge in [0.25, 0.3) is 0 Å². The monoisotopic (exact) mass is 308 g/mol. The minimum absolute atomic E-state index is 0.104. The van der Waals surface area contributed by atoms with Crippen molar-refractivity contribution in [2.75, 3.05) is 0 Å². The fourth-order valence-corrected chi connectivity index (χ4v) is 3.47. The van der Waals surface area contributed by atoms with E-state index in [0.717, 1.165) is 28.4 Å². The zero-order valence-electron chi connectivity index (χ0n) is 12.7. The van der Waals surface area contributed by atoms with Gasteiger partial charge in [0.15, 0.2) is 0 Å². The molecule has 0 spiro atoms. The lowest BCUT2D eigenvalue weighted by molar-refractivity contribution is -0.245. The summed E-state index contributed by atoms with van der Waals surface area (Å²) in [5, 5.41) is 15.7. The molecule has 1 heterocycles. The van der Waals surface area contributed by atoms with Gasteiger partial charge in [-0.3, -0.25) is 0 Å². The molecular weight excluding hydrogens is 290 g/mol. The van der Waals surface area contributed by atoms with E-state index >= 15 is 0 Å². The molecule has 0 radical (unpaired) electrons. The lowest BCUT2D eigenvalue weighted by Gasteiger charge is -2.27. The van der Waals surface area contributed by atoms with Crippen LogP contribution in [0.5, 0.6) is 0 Å². The number of hydrogen-bond donors (Lipinski definition) is 0. The maximum Gasteiger partial charge on any atom is 0.0722 e. The molecule has 0 aliphatic carbocycles. The predicted molar refractivity (Wildman–Crippen MR) is 91.4 cm³/mol. The second-order valence-corrected chi connectivity index (χ2v) is 6.26. The van der Waals surface area contributed by atoms with Crippen molar-refractivity contribution in [3.05, 3.63) is 87.4 Å². The zero-order chi connectivity index (χ0) is 15.5. The second kappa shape index (κ2) is 6.32. The maximum absolute atomic E-state index is 12.9. The summed E-state index contributed by atoms with van der Waals surface area (Å²) < 4.78 is 0. The quantitative estimate of drug-likeness (QED) is 0.799. The fraction of sp³-hybridized carbons (Fsp3) is 0.158. The van der Waals surface area contributed by atoms with E-state index < -0.39 is 0 Å². The van der Waals surface area contributed by atoms with Crippen LogP contribution in [0.3, 0.4) is 0 Å². The first-order valence-electron chi connectivity index (χ1n) is 7.29. The van der Waals surface area contributed by atoms with Crippen LogP contribution in [0.4, 0.5) is 0 Å². The molecule has 0 atom stereocenters. The van der Waals surface area contributed by atoms with Gasteiger partial charge in [0.1, 0.15) is 0 Å². The van der Waals surface area contributed by atoms with Crippen LogP contribution in [0.15, 0.2) is 70.7 Å². The first-order chi connectivity index (χ1) is 10.7. The van der Waals surface area contributed by atoms with Crippen molar-refractivity contribution in [2.45, 2.75) is 20.4 Å². The van der Waals surface area contributed by atoms with Crippen molar-refractivity contribution in [3.8, 4) is 0 Å². The summed E-state index contributed by atoms with van der Waals surface area (Å²) in [5.41, 5.74) is 4.12. The molecule has 2 aromatic rings. The van der Waals surface area contributed by atoms with Gasteiger partial charge in [-0.15, -0.1) is 0 Å². The van der Waals surface area contributed by atoms with Crippen LogP contribution >= 0.6 is 11.8 Å². The molecule has 0 saturated carbocycles. The first kappa shape index (κ1) is 14.8. The highest BCUT2D eigenvalue weighted by molar-refractivity contribution is 8.06. The molecule has 0 fully saturated rings. The first-order valence-corrected chi connectivity index (χ1v) is 8.17. The maximum atomic E-state index is 12.9. The highest BCUT2D eigenvalue weighted by Gasteiger charge is 2.19. The Morgan fingerprint density at radius 3 is 2.41 bits per heavy atom. The SMILES string of the molecule is CC1=CS/C(=C(/[O-])c2ccccc2C)N1Cc1ccccc1. The Balaban J connectivity index is 1.96. The van der Waals surface area contributed by atoms with Gasteiger partial charge in [-0.2, -0.15) is 0 Å². The molecule has 0 aromatic heterocycles. The summed E-state index contributed by atoms with van der Waals surface area (Å²) in [6.45, 7) is 4.76. The molecule has 0 unspecified atom stereocenters. The number of benzene rings is 2. The van der Waals surface area contributed by atoms with Crippen molar-refractivity contribution < 1.29 is 5.11 Å². The number of hydrogen-bond acceptors (Lipinski definition) is 3. The van der Waals surface area contributed by atoms with E-state index in [0.29, 0.717) is 0 Å². The molecule has 0 saturated heterocycles. The van der Waals surface area contributed by atoms with Crippen LogP contribution in [0.2, 0.25) is 0 Å². The summed E-state index contributed by atoms with van der Waals surface area (Å²) >= 11 is 1.52. The van der Waals surface area contributed by atoms with Gasteiger partial charge in [-0.25, -0.2) is 0 Å². The summed E-state index contributed by atoms with van der Waals surface area (Å²) in [6.07, 6.45) is 0. The molecule has 0 amide bonds. The molecule has 0 N–H and O–H groups in total. The van der Waals surface area contributed by atoms with Gasteiger partial charge < -0.3 is 10.0 Å². The third kappa shape index (κ3) is 2.90. The average molecular weight is 308 g/mol. The molecule has 1 aliphatic rings. The molecule has 0 bridgehead atoms. The van der Waals surface area contributed by atoms with Gasteiger partial charge in [-0.1, -0.05) is 72.1 Å². The van der Waals surface area contributed by atoms with Gasteiger partial charge in [0, 0.05) is 12.2 Å². The molecule has 2 nitrogen and oxygen atoms in total. The van der Waals surface area contributed by atoms with Crippen LogP contribution in [-0.4, -0.2) is 4.90 Å². The summed E-state index contributed by atoms with van der Waals surface area (Å²) in [5.74, 6) is 0.104. The Morgan fingerprint density at radius 2 is 1.68 bits per heavy atom. The van der Waals surface area contributed by atoms with E-state index in [1.807, 2.05) is 56.3 Å². The predicted octanol–water partition coefficient (Wildman–Crippen LogP) is 4.09. The largest absolute Gasteiger partial charge is 0.870 e. The minimum Gasteiger partial charge on any atom is -0.870 e. The van der Waals surface area contributed by atoms with E-state index in [9.17, 15) is 5.11 Å². The number of thioether (sulfide) groups is 1. The van der Waals surface area contributed by atoms with Gasteiger partial charge in [0.05, 0.1) is 5.03 Å². The number of aryl methyl sites for hydroxylation is 1. The van der Waals surface area contributed by atoms with Crippen molar-refractivity contribution in [1.82, 2.24) is 4.90 Å². The Labute approximate surface area is 135 Å². The van der Waals surface area contributed by atoms with E-state index in [1.54, 1.807) is 0 Å². The minimum atomic E-state index is 0.104. The van der Waals surface area contributed by atoms with Crippen molar-refractivity contribution >= 4 is 17.5 Å². The van der Waals surface area contributed by atoms with Gasteiger partial charge >= 0.3 is 0 Å². The lowest BCUT2D eigenvalue weighted by atomic mass is 10.1. The Hall–Kier alpha value is -2.13. The summed E-state index contributed by atoms with van der Waals surface area (Å²) in [4.78, 5) is 2.11.